The third-order valence-corrected chi connectivity index (χ3v) is 30.6. The van der Waals surface area contributed by atoms with Crippen LogP contribution in [0, 0.1) is 0 Å². The van der Waals surface area contributed by atoms with Gasteiger partial charge in [-0.1, -0.05) is 363 Å². The zero-order chi connectivity index (χ0) is 69.2. The molecular weight excluding hydrogens is 1270 g/mol. The smallest absolute Gasteiger partial charge is 0.179 e. The van der Waals surface area contributed by atoms with Crippen LogP contribution in [-0.2, 0) is 10.8 Å². The number of hydrogen-bond acceptors (Lipinski definition) is 2. The average Bonchev–Trinajstić information content (AvgIpc) is 0.832. The van der Waals surface area contributed by atoms with Gasteiger partial charge < -0.3 is 0 Å². The van der Waals surface area contributed by atoms with E-state index in [0.29, 0.717) is 5.82 Å². The number of nitrogens with zero attached hydrogens (tertiary/aromatic N) is 4. The van der Waals surface area contributed by atoms with E-state index < -0.39 is 16.1 Å². The second kappa shape index (κ2) is 25.7. The van der Waals surface area contributed by atoms with Crippen LogP contribution in [0.1, 0.15) is 52.7 Å². The van der Waals surface area contributed by atoms with Crippen molar-refractivity contribution in [1.29, 1.82) is 0 Å². The van der Waals surface area contributed by atoms with Crippen LogP contribution in [0.3, 0.4) is 0 Å². The van der Waals surface area contributed by atoms with Crippen molar-refractivity contribution in [2.45, 2.75) is 52.4 Å². The summed E-state index contributed by atoms with van der Waals surface area (Å²) >= 11 is 0. The van der Waals surface area contributed by atoms with Crippen LogP contribution in [-0.4, -0.2) is 35.2 Å². The van der Waals surface area contributed by atoms with Gasteiger partial charge in [-0.25, -0.2) is 9.97 Å². The van der Waals surface area contributed by atoms with Crippen molar-refractivity contribution < 1.29 is 0 Å². The van der Waals surface area contributed by atoms with Crippen LogP contribution >= 0.6 is 0 Å². The fourth-order valence-electron chi connectivity index (χ4n) is 16.1. The minimum Gasteiger partial charge on any atom is -0.294 e. The lowest BCUT2D eigenvalue weighted by atomic mass is 9.85. The Kier molecular flexibility index (Phi) is 16.1. The Morgan fingerprint density at radius 2 is 0.500 bits per heavy atom. The molecule has 0 aliphatic carbocycles. The Morgan fingerprint density at radius 3 is 0.853 bits per heavy atom. The lowest BCUT2D eigenvalue weighted by Gasteiger charge is -2.39. The number of hydrogen-bond donors (Lipinski definition) is 0. The van der Waals surface area contributed by atoms with Crippen molar-refractivity contribution in [3.05, 3.63) is 375 Å². The highest BCUT2D eigenvalue weighted by Gasteiger charge is 2.47. The van der Waals surface area contributed by atoms with Crippen LogP contribution in [0.15, 0.2) is 364 Å². The van der Waals surface area contributed by atoms with Crippen molar-refractivity contribution in [3.8, 4) is 56.4 Å². The normalized spacial score (nSPS) is 12.2. The fraction of sp³-hybridized carbons (Fsp3) is 0.0833. The predicted molar refractivity (Wildman–Crippen MR) is 437 cm³/mol. The quantitative estimate of drug-likeness (QED) is 0.0803. The number of benzene rings is 14. The van der Waals surface area contributed by atoms with Crippen LogP contribution in [0.5, 0.6) is 0 Å². The molecule has 0 radical (unpaired) electrons. The van der Waals surface area contributed by atoms with E-state index in [1.807, 2.05) is 0 Å². The van der Waals surface area contributed by atoms with Gasteiger partial charge in [0, 0.05) is 33.2 Å². The van der Waals surface area contributed by atoms with Gasteiger partial charge in [-0.15, -0.1) is 0 Å². The summed E-state index contributed by atoms with van der Waals surface area (Å²) in [6.45, 7) is 13.9. The van der Waals surface area contributed by atoms with E-state index in [4.69, 9.17) is 9.97 Å². The molecule has 17 rings (SSSR count). The van der Waals surface area contributed by atoms with Gasteiger partial charge in [0.15, 0.2) is 22.0 Å². The Balaban J connectivity index is 1.07. The molecule has 0 aliphatic rings. The van der Waals surface area contributed by atoms with Crippen LogP contribution in [0.2, 0.25) is 0 Å². The van der Waals surface area contributed by atoms with Gasteiger partial charge >= 0.3 is 0 Å². The molecule has 0 spiro atoms. The van der Waals surface area contributed by atoms with Crippen LogP contribution < -0.4 is 41.5 Å². The first-order valence-electron chi connectivity index (χ1n) is 35.6. The first-order valence-corrected chi connectivity index (χ1v) is 39.6. The minimum atomic E-state index is -3.63. The lowest BCUT2D eigenvalue weighted by molar-refractivity contribution is 0.590. The molecule has 0 saturated carbocycles. The first-order chi connectivity index (χ1) is 49.8. The highest BCUT2D eigenvalue weighted by atomic mass is 28.3. The maximum Gasteiger partial charge on any atom is 0.179 e. The monoisotopic (exact) mass is 1340 g/mol. The molecule has 14 aromatic carbocycles. The Labute approximate surface area is 600 Å². The maximum atomic E-state index is 6.17. The Hall–Kier alpha value is -11.8. The summed E-state index contributed by atoms with van der Waals surface area (Å²) in [6, 6.07) is 137. The van der Waals surface area contributed by atoms with Crippen LogP contribution in [0.25, 0.3) is 100 Å². The Bertz CT molecular complexity index is 5700. The minimum absolute atomic E-state index is 0.0936. The summed E-state index contributed by atoms with van der Waals surface area (Å²) in [4.78, 5) is 12.3. The first kappa shape index (κ1) is 63.6. The van der Waals surface area contributed by atoms with Crippen molar-refractivity contribution in [1.82, 2.24) is 19.1 Å². The van der Waals surface area contributed by atoms with Gasteiger partial charge in [0.05, 0.1) is 22.1 Å². The van der Waals surface area contributed by atoms with E-state index in [1.165, 1.54) is 74.5 Å². The lowest BCUT2D eigenvalue weighted by Crippen LogP contribution is -2.78. The summed E-state index contributed by atoms with van der Waals surface area (Å²) in [5, 5.41) is 14.7. The summed E-state index contributed by atoms with van der Waals surface area (Å²) in [6.07, 6.45) is 0. The summed E-state index contributed by atoms with van der Waals surface area (Å²) in [5.41, 5.74) is 14.6. The van der Waals surface area contributed by atoms with Gasteiger partial charge in [-0.2, -0.15) is 0 Å². The van der Waals surface area contributed by atoms with Gasteiger partial charge in [-0.05, 0) is 133 Å². The molecule has 102 heavy (non-hydrogen) atoms. The van der Waals surface area contributed by atoms with E-state index in [2.05, 4.69) is 415 Å². The molecule has 6 heteroatoms. The standard InChI is InChI=1S/C96H78N4Si2/c1-95(2,3)74-54-56-90-86(63-74)87-64-75(96(4,5)6)55-57-91(87)100(90)93-66-92(99-88-52-27-25-50-84(88)85-51-26-28-53-89(85)99)97-94(98-93)73-61-82(101(76-41-19-10-20-42-76,77-43-21-11-22-44-77)79-47-29-38-70(58-79)67-32-13-7-14-33-67)65-83(62-73)102(78-45-23-12-24-46-78,80-48-30-39-71(59-80)68-34-15-8-16-35-68)81-49-31-40-72(60-81)69-36-17-9-18-37-69/h7-66H,1-6H3. The largest absolute Gasteiger partial charge is 0.294 e. The number of fused-ring (bicyclic) bond motifs is 6. The molecule has 0 fully saturated rings. The van der Waals surface area contributed by atoms with E-state index in [9.17, 15) is 0 Å². The zero-order valence-electron chi connectivity index (χ0n) is 58.4. The van der Waals surface area contributed by atoms with Crippen molar-refractivity contribution in [3.63, 3.8) is 0 Å². The van der Waals surface area contributed by atoms with E-state index >= 15 is 0 Å². The molecule has 0 bridgehead atoms. The van der Waals surface area contributed by atoms with Crippen LogP contribution in [0.4, 0.5) is 0 Å². The van der Waals surface area contributed by atoms with Gasteiger partial charge in [0.25, 0.3) is 0 Å². The fourth-order valence-corrected chi connectivity index (χ4v) is 26.0. The molecule has 0 atom stereocenters. The van der Waals surface area contributed by atoms with E-state index in [0.717, 1.165) is 72.3 Å². The number of para-hydroxylation sites is 2. The Morgan fingerprint density at radius 1 is 0.216 bits per heavy atom. The topological polar surface area (TPSA) is 35.6 Å². The number of rotatable bonds is 14. The van der Waals surface area contributed by atoms with Crippen molar-refractivity contribution in [2.75, 3.05) is 0 Å². The third-order valence-electron chi connectivity index (χ3n) is 21.1. The SMILES string of the molecule is CC(C)(C)c1ccc2c(c1)c1cc(C(C)(C)C)ccc1n2-c1cc(-n2c3ccccc3c3ccccc32)nc(-c2cc([Si](c3ccccc3)(c3ccccc3)c3cccc(-c4ccccc4)c3)cc([Si](c3ccccc3)(c3cccc(-c4ccccc4)c3)c3cccc(-c4ccccc4)c3)c2)n1. The van der Waals surface area contributed by atoms with Crippen molar-refractivity contribution in [2.24, 2.45) is 0 Å². The number of aromatic nitrogens is 4. The molecule has 0 saturated heterocycles. The molecule has 0 unspecified atom stereocenters. The summed E-state index contributed by atoms with van der Waals surface area (Å²) in [7, 11) is -7.17. The second-order valence-electron chi connectivity index (χ2n) is 29.3. The molecule has 3 aromatic heterocycles. The van der Waals surface area contributed by atoms with Gasteiger partial charge in [-0.3, -0.25) is 9.13 Å². The van der Waals surface area contributed by atoms with E-state index in [-0.39, 0.29) is 10.8 Å². The average molecular weight is 1340 g/mol. The second-order valence-corrected chi connectivity index (χ2v) is 36.9. The molecular formula is C96H78N4Si2. The molecule has 17 aromatic rings. The summed E-state index contributed by atoms with van der Waals surface area (Å²) in [5.74, 6) is 2.17. The highest BCUT2D eigenvalue weighted by Crippen LogP contribution is 2.40. The third kappa shape index (κ3) is 11.1. The molecule has 0 aliphatic heterocycles. The molecule has 490 valence electrons. The van der Waals surface area contributed by atoms with Crippen molar-refractivity contribution >= 4 is 101 Å². The highest BCUT2D eigenvalue weighted by molar-refractivity contribution is 7.22. The molecule has 3 heterocycles. The summed E-state index contributed by atoms with van der Waals surface area (Å²) < 4.78 is 4.80. The van der Waals surface area contributed by atoms with Gasteiger partial charge in [0.1, 0.15) is 11.6 Å². The zero-order valence-corrected chi connectivity index (χ0v) is 60.4. The van der Waals surface area contributed by atoms with E-state index in [1.54, 1.807) is 0 Å². The maximum absolute atomic E-state index is 6.17. The molecule has 0 amide bonds. The predicted octanol–water partition coefficient (Wildman–Crippen LogP) is 18.7. The van der Waals surface area contributed by atoms with Gasteiger partial charge in [0.2, 0.25) is 0 Å². The molecule has 0 N–H and O–H groups in total. The molecule has 4 nitrogen and oxygen atoms in total.